The summed E-state index contributed by atoms with van der Waals surface area (Å²) in [5, 5.41) is 6.99. The third-order valence-electron chi connectivity index (χ3n) is 2.89. The zero-order valence-electron chi connectivity index (χ0n) is 12.5. The molecule has 0 fully saturated rings. The van der Waals surface area contributed by atoms with Crippen LogP contribution in [0.1, 0.15) is 38.0 Å². The van der Waals surface area contributed by atoms with Gasteiger partial charge in [0, 0.05) is 19.0 Å². The number of ether oxygens (including phenoxy) is 1. The molecule has 0 aliphatic heterocycles. The van der Waals surface area contributed by atoms with Crippen molar-refractivity contribution in [2.75, 3.05) is 0 Å². The van der Waals surface area contributed by atoms with Crippen molar-refractivity contribution in [1.82, 2.24) is 15.5 Å². The Bertz CT molecular complexity index is 584. The average molecular weight is 293 g/mol. The molecule has 0 radical (unpaired) electrons. The molecule has 2 aromatic rings. The van der Waals surface area contributed by atoms with Crippen LogP contribution in [0.5, 0.6) is 5.75 Å². The van der Waals surface area contributed by atoms with E-state index in [9.17, 15) is 4.39 Å². The predicted molar refractivity (Wildman–Crippen MR) is 76.4 cm³/mol. The van der Waals surface area contributed by atoms with E-state index in [1.54, 1.807) is 6.07 Å². The lowest BCUT2D eigenvalue weighted by molar-refractivity contribution is 0.234. The van der Waals surface area contributed by atoms with Crippen molar-refractivity contribution in [3.63, 3.8) is 0 Å². The van der Waals surface area contributed by atoms with Gasteiger partial charge in [-0.05, 0) is 17.7 Å². The lowest BCUT2D eigenvalue weighted by atomic mass is 10.2. The fourth-order valence-electron chi connectivity index (χ4n) is 1.73. The lowest BCUT2D eigenvalue weighted by Crippen LogP contribution is -2.21. The van der Waals surface area contributed by atoms with Gasteiger partial charge in [-0.2, -0.15) is 4.98 Å². The molecule has 0 amide bonds. The standard InChI is InChI=1S/C15H20FN3O2/c1-4-14-18-15(21-19-14)9-20-13-6-5-11(7-12(13)16)8-17-10(2)3/h5-7,10,17H,4,8-9H2,1-3H3. The molecule has 1 heterocycles. The highest BCUT2D eigenvalue weighted by Crippen LogP contribution is 2.19. The zero-order valence-corrected chi connectivity index (χ0v) is 12.5. The number of aromatic nitrogens is 2. The van der Waals surface area contributed by atoms with Crippen molar-refractivity contribution in [2.24, 2.45) is 0 Å². The van der Waals surface area contributed by atoms with E-state index >= 15 is 0 Å². The summed E-state index contributed by atoms with van der Waals surface area (Å²) in [4.78, 5) is 4.10. The van der Waals surface area contributed by atoms with Gasteiger partial charge in [0.15, 0.2) is 24.0 Å². The Morgan fingerprint density at radius 1 is 1.38 bits per heavy atom. The van der Waals surface area contributed by atoms with E-state index in [0.29, 0.717) is 30.7 Å². The number of hydrogen-bond donors (Lipinski definition) is 1. The Labute approximate surface area is 123 Å². The van der Waals surface area contributed by atoms with E-state index in [2.05, 4.69) is 15.5 Å². The quantitative estimate of drug-likeness (QED) is 0.850. The van der Waals surface area contributed by atoms with E-state index in [1.807, 2.05) is 26.8 Å². The van der Waals surface area contributed by atoms with E-state index in [1.165, 1.54) is 6.07 Å². The largest absolute Gasteiger partial charge is 0.481 e. The van der Waals surface area contributed by atoms with Crippen molar-refractivity contribution in [3.8, 4) is 5.75 Å². The molecule has 2 rings (SSSR count). The Kier molecular flexibility index (Phi) is 5.27. The molecule has 0 aliphatic rings. The number of rotatable bonds is 7. The van der Waals surface area contributed by atoms with E-state index < -0.39 is 5.82 Å². The fourth-order valence-corrected chi connectivity index (χ4v) is 1.73. The smallest absolute Gasteiger partial charge is 0.264 e. The van der Waals surface area contributed by atoms with Crippen LogP contribution in [0.4, 0.5) is 4.39 Å². The molecular formula is C15H20FN3O2. The SMILES string of the molecule is CCc1noc(COc2ccc(CNC(C)C)cc2F)n1. The van der Waals surface area contributed by atoms with Crippen LogP contribution in [0.25, 0.3) is 0 Å². The Morgan fingerprint density at radius 2 is 2.19 bits per heavy atom. The molecule has 21 heavy (non-hydrogen) atoms. The molecule has 1 N–H and O–H groups in total. The van der Waals surface area contributed by atoms with Gasteiger partial charge < -0.3 is 14.6 Å². The van der Waals surface area contributed by atoms with Crippen LogP contribution < -0.4 is 10.1 Å². The second-order valence-corrected chi connectivity index (χ2v) is 5.05. The van der Waals surface area contributed by atoms with Crippen LogP contribution in [-0.4, -0.2) is 16.2 Å². The monoisotopic (exact) mass is 293 g/mol. The van der Waals surface area contributed by atoms with Gasteiger partial charge in [0.05, 0.1) is 0 Å². The molecular weight excluding hydrogens is 273 g/mol. The van der Waals surface area contributed by atoms with Crippen LogP contribution in [0.15, 0.2) is 22.7 Å². The van der Waals surface area contributed by atoms with E-state index in [0.717, 1.165) is 5.56 Å². The van der Waals surface area contributed by atoms with Crippen LogP contribution in [0.3, 0.4) is 0 Å². The summed E-state index contributed by atoms with van der Waals surface area (Å²) in [6.45, 7) is 6.70. The van der Waals surface area contributed by atoms with E-state index in [-0.39, 0.29) is 12.4 Å². The van der Waals surface area contributed by atoms with Gasteiger partial charge in [0.2, 0.25) is 0 Å². The van der Waals surface area contributed by atoms with Crippen molar-refractivity contribution in [3.05, 3.63) is 41.3 Å². The maximum Gasteiger partial charge on any atom is 0.264 e. The highest BCUT2D eigenvalue weighted by molar-refractivity contribution is 5.29. The second kappa shape index (κ2) is 7.17. The van der Waals surface area contributed by atoms with Crippen LogP contribution in [0.2, 0.25) is 0 Å². The summed E-state index contributed by atoms with van der Waals surface area (Å²) in [7, 11) is 0. The third-order valence-corrected chi connectivity index (χ3v) is 2.89. The first-order valence-corrected chi connectivity index (χ1v) is 7.04. The highest BCUT2D eigenvalue weighted by atomic mass is 19.1. The molecule has 0 saturated carbocycles. The Balaban J connectivity index is 1.94. The molecule has 0 spiro atoms. The fraction of sp³-hybridized carbons (Fsp3) is 0.467. The molecule has 0 bridgehead atoms. The molecule has 5 nitrogen and oxygen atoms in total. The maximum atomic E-state index is 13.9. The molecule has 0 unspecified atom stereocenters. The van der Waals surface area contributed by atoms with Crippen LogP contribution in [0, 0.1) is 5.82 Å². The molecule has 1 aromatic carbocycles. The topological polar surface area (TPSA) is 60.2 Å². The van der Waals surface area contributed by atoms with E-state index in [4.69, 9.17) is 9.26 Å². The highest BCUT2D eigenvalue weighted by Gasteiger charge is 2.09. The molecule has 6 heteroatoms. The summed E-state index contributed by atoms with van der Waals surface area (Å²) in [6.07, 6.45) is 0.690. The van der Waals surface area contributed by atoms with Crippen molar-refractivity contribution < 1.29 is 13.7 Å². The zero-order chi connectivity index (χ0) is 15.2. The van der Waals surface area contributed by atoms with Crippen LogP contribution in [-0.2, 0) is 19.6 Å². The molecule has 0 atom stereocenters. The summed E-state index contributed by atoms with van der Waals surface area (Å²) in [6, 6.07) is 5.27. The van der Waals surface area contributed by atoms with Gasteiger partial charge in [-0.25, -0.2) is 4.39 Å². The number of nitrogens with zero attached hydrogens (tertiary/aromatic N) is 2. The summed E-state index contributed by atoms with van der Waals surface area (Å²) in [5.41, 5.74) is 0.875. The maximum absolute atomic E-state index is 13.9. The minimum atomic E-state index is -0.395. The van der Waals surface area contributed by atoms with Crippen molar-refractivity contribution in [2.45, 2.75) is 46.4 Å². The number of nitrogens with one attached hydrogen (secondary N) is 1. The second-order valence-electron chi connectivity index (χ2n) is 5.05. The van der Waals surface area contributed by atoms with Gasteiger partial charge in [0.1, 0.15) is 0 Å². The van der Waals surface area contributed by atoms with Gasteiger partial charge in [-0.1, -0.05) is 32.0 Å². The normalized spacial score (nSPS) is 11.1. The molecule has 114 valence electrons. The molecule has 0 saturated heterocycles. The summed E-state index contributed by atoms with van der Waals surface area (Å²) < 4.78 is 24.3. The first kappa shape index (κ1) is 15.4. The summed E-state index contributed by atoms with van der Waals surface area (Å²) >= 11 is 0. The average Bonchev–Trinajstić information content (AvgIpc) is 2.92. The molecule has 0 aliphatic carbocycles. The number of halogens is 1. The van der Waals surface area contributed by atoms with Crippen molar-refractivity contribution in [1.29, 1.82) is 0 Å². The Hall–Kier alpha value is -1.95. The third kappa shape index (κ3) is 4.53. The van der Waals surface area contributed by atoms with Gasteiger partial charge in [0.25, 0.3) is 5.89 Å². The predicted octanol–water partition coefficient (Wildman–Crippen LogP) is 2.85. The van der Waals surface area contributed by atoms with Gasteiger partial charge >= 0.3 is 0 Å². The minimum absolute atomic E-state index is 0.0630. The number of benzene rings is 1. The number of hydrogen-bond acceptors (Lipinski definition) is 5. The lowest BCUT2D eigenvalue weighted by Gasteiger charge is -2.10. The van der Waals surface area contributed by atoms with Gasteiger partial charge in [-0.3, -0.25) is 0 Å². The Morgan fingerprint density at radius 3 is 2.81 bits per heavy atom. The minimum Gasteiger partial charge on any atom is -0.481 e. The first-order valence-electron chi connectivity index (χ1n) is 7.04. The summed E-state index contributed by atoms with van der Waals surface area (Å²) in [5.74, 6) is 0.744. The first-order chi connectivity index (χ1) is 10.1. The van der Waals surface area contributed by atoms with Crippen molar-refractivity contribution >= 4 is 0 Å². The number of aryl methyl sites for hydroxylation is 1. The molecule has 1 aromatic heterocycles. The van der Waals surface area contributed by atoms with Crippen LogP contribution >= 0.6 is 0 Å². The van der Waals surface area contributed by atoms with Gasteiger partial charge in [-0.15, -0.1) is 0 Å².